The van der Waals surface area contributed by atoms with Gasteiger partial charge in [-0.05, 0) is 35.7 Å². The summed E-state index contributed by atoms with van der Waals surface area (Å²) in [4.78, 5) is 2.27. The number of rotatable bonds is 4. The molecule has 0 aliphatic carbocycles. The zero-order valence-corrected chi connectivity index (χ0v) is 14.1. The van der Waals surface area contributed by atoms with Crippen molar-refractivity contribution in [2.75, 3.05) is 12.0 Å². The summed E-state index contributed by atoms with van der Waals surface area (Å²) in [7, 11) is 1.70. The van der Waals surface area contributed by atoms with E-state index in [0.29, 0.717) is 0 Å². The lowest BCUT2D eigenvalue weighted by Crippen LogP contribution is -2.10. The van der Waals surface area contributed by atoms with E-state index < -0.39 is 0 Å². The normalized spacial score (nSPS) is 10.6. The van der Waals surface area contributed by atoms with Gasteiger partial charge in [-0.2, -0.15) is 0 Å². The van der Waals surface area contributed by atoms with Crippen molar-refractivity contribution in [2.24, 2.45) is 0 Å². The molecule has 0 fully saturated rings. The Hall–Kier alpha value is -3.26. The molecule has 0 unspecified atom stereocenters. The summed E-state index contributed by atoms with van der Waals surface area (Å²) in [5.41, 5.74) is 3.34. The lowest BCUT2D eigenvalue weighted by Gasteiger charge is -2.27. The Morgan fingerprint density at radius 2 is 1.32 bits per heavy atom. The highest BCUT2D eigenvalue weighted by atomic mass is 16.5. The summed E-state index contributed by atoms with van der Waals surface area (Å²) in [6, 6.07) is 33.5. The van der Waals surface area contributed by atoms with Crippen LogP contribution >= 0.6 is 0 Å². The molecule has 0 saturated heterocycles. The molecule has 25 heavy (non-hydrogen) atoms. The van der Waals surface area contributed by atoms with Crippen LogP contribution in [0.15, 0.2) is 97.1 Å². The molecule has 0 saturated carbocycles. The van der Waals surface area contributed by atoms with Gasteiger partial charge >= 0.3 is 0 Å². The number of anilines is 3. The monoisotopic (exact) mass is 325 g/mol. The molecular formula is C23H19NO. The third kappa shape index (κ3) is 2.94. The van der Waals surface area contributed by atoms with Crippen LogP contribution in [0.4, 0.5) is 17.1 Å². The summed E-state index contributed by atoms with van der Waals surface area (Å²) >= 11 is 0. The topological polar surface area (TPSA) is 12.5 Å². The maximum absolute atomic E-state index is 5.44. The van der Waals surface area contributed by atoms with E-state index >= 15 is 0 Å². The first-order valence-electron chi connectivity index (χ1n) is 8.34. The Balaban J connectivity index is 1.97. The number of hydrogen-bond donors (Lipinski definition) is 0. The van der Waals surface area contributed by atoms with Gasteiger partial charge in [-0.3, -0.25) is 0 Å². The van der Waals surface area contributed by atoms with Gasteiger partial charge in [0.25, 0.3) is 0 Å². The SMILES string of the molecule is COc1cccc(N(c2ccccc2)c2cccc3ccccc23)c1. The molecule has 122 valence electrons. The number of fused-ring (bicyclic) bond motifs is 1. The molecule has 0 radical (unpaired) electrons. The van der Waals surface area contributed by atoms with E-state index in [4.69, 9.17) is 4.74 Å². The molecule has 0 atom stereocenters. The molecule has 2 nitrogen and oxygen atoms in total. The van der Waals surface area contributed by atoms with Crippen molar-refractivity contribution in [1.29, 1.82) is 0 Å². The molecular weight excluding hydrogens is 306 g/mol. The van der Waals surface area contributed by atoms with Crippen molar-refractivity contribution in [2.45, 2.75) is 0 Å². The van der Waals surface area contributed by atoms with Crippen LogP contribution in [0.5, 0.6) is 5.75 Å². The number of nitrogens with zero attached hydrogens (tertiary/aromatic N) is 1. The maximum Gasteiger partial charge on any atom is 0.120 e. The first kappa shape index (κ1) is 15.3. The summed E-state index contributed by atoms with van der Waals surface area (Å²) in [5, 5.41) is 2.44. The summed E-state index contributed by atoms with van der Waals surface area (Å²) < 4.78 is 5.44. The van der Waals surface area contributed by atoms with Gasteiger partial charge in [-0.1, -0.05) is 60.7 Å². The van der Waals surface area contributed by atoms with Crippen molar-refractivity contribution < 1.29 is 4.74 Å². The van der Waals surface area contributed by atoms with Gasteiger partial charge < -0.3 is 9.64 Å². The molecule has 0 amide bonds. The average molecular weight is 325 g/mol. The van der Waals surface area contributed by atoms with Crippen LogP contribution in [0.1, 0.15) is 0 Å². The first-order valence-corrected chi connectivity index (χ1v) is 8.34. The van der Waals surface area contributed by atoms with Crippen LogP contribution < -0.4 is 9.64 Å². The highest BCUT2D eigenvalue weighted by Crippen LogP contribution is 2.39. The highest BCUT2D eigenvalue weighted by Gasteiger charge is 2.15. The van der Waals surface area contributed by atoms with Crippen LogP contribution in [0.25, 0.3) is 10.8 Å². The fourth-order valence-electron chi connectivity index (χ4n) is 3.16. The molecule has 4 aromatic rings. The third-order valence-corrected chi connectivity index (χ3v) is 4.33. The summed E-state index contributed by atoms with van der Waals surface area (Å²) in [6.07, 6.45) is 0. The van der Waals surface area contributed by atoms with E-state index in [2.05, 4.69) is 83.8 Å². The van der Waals surface area contributed by atoms with Crippen molar-refractivity contribution in [1.82, 2.24) is 0 Å². The summed E-state index contributed by atoms with van der Waals surface area (Å²) in [6.45, 7) is 0. The predicted molar refractivity (Wildman–Crippen MR) is 105 cm³/mol. The molecule has 0 aliphatic rings. The van der Waals surface area contributed by atoms with Gasteiger partial charge in [0.1, 0.15) is 5.75 Å². The van der Waals surface area contributed by atoms with Gasteiger partial charge in [0.05, 0.1) is 12.8 Å². The Bertz CT molecular complexity index is 990. The summed E-state index contributed by atoms with van der Waals surface area (Å²) in [5.74, 6) is 0.846. The second-order valence-electron chi connectivity index (χ2n) is 5.87. The molecule has 0 aliphatic heterocycles. The minimum atomic E-state index is 0.846. The Morgan fingerprint density at radius 1 is 0.640 bits per heavy atom. The Morgan fingerprint density at radius 3 is 2.16 bits per heavy atom. The largest absolute Gasteiger partial charge is 0.497 e. The first-order chi connectivity index (χ1) is 12.4. The van der Waals surface area contributed by atoms with Gasteiger partial charge in [0.2, 0.25) is 0 Å². The smallest absolute Gasteiger partial charge is 0.120 e. The zero-order chi connectivity index (χ0) is 17.1. The Labute approximate surface area is 147 Å². The molecule has 0 N–H and O–H groups in total. The fraction of sp³-hybridized carbons (Fsp3) is 0.0435. The van der Waals surface area contributed by atoms with Crippen molar-refractivity contribution in [3.05, 3.63) is 97.1 Å². The van der Waals surface area contributed by atoms with Crippen molar-refractivity contribution in [3.63, 3.8) is 0 Å². The number of ether oxygens (including phenoxy) is 1. The van der Waals surface area contributed by atoms with E-state index in [1.807, 2.05) is 18.2 Å². The molecule has 4 rings (SSSR count). The molecule has 0 spiro atoms. The zero-order valence-electron chi connectivity index (χ0n) is 14.1. The lowest BCUT2D eigenvalue weighted by molar-refractivity contribution is 0.415. The van der Waals surface area contributed by atoms with Crippen LogP contribution in [0.2, 0.25) is 0 Å². The number of hydrogen-bond acceptors (Lipinski definition) is 2. The standard InChI is InChI=1S/C23H19NO/c1-25-21-14-8-13-20(17-21)24(19-11-3-2-4-12-19)23-16-7-10-18-9-5-6-15-22(18)23/h2-17H,1H3. The quantitative estimate of drug-likeness (QED) is 0.435. The van der Waals surface area contributed by atoms with E-state index in [-0.39, 0.29) is 0 Å². The fourth-order valence-corrected chi connectivity index (χ4v) is 3.16. The number of methoxy groups -OCH3 is 1. The molecule has 2 heteroatoms. The highest BCUT2D eigenvalue weighted by molar-refractivity contribution is 5.98. The second kappa shape index (κ2) is 6.70. The lowest BCUT2D eigenvalue weighted by atomic mass is 10.1. The molecule has 4 aromatic carbocycles. The van der Waals surface area contributed by atoms with E-state index in [1.165, 1.54) is 10.8 Å². The maximum atomic E-state index is 5.44. The van der Waals surface area contributed by atoms with Crippen LogP contribution in [-0.4, -0.2) is 7.11 Å². The minimum absolute atomic E-state index is 0.846. The second-order valence-corrected chi connectivity index (χ2v) is 5.87. The molecule has 0 bridgehead atoms. The predicted octanol–water partition coefficient (Wildman–Crippen LogP) is 6.32. The van der Waals surface area contributed by atoms with E-state index in [9.17, 15) is 0 Å². The van der Waals surface area contributed by atoms with Crippen LogP contribution in [0, 0.1) is 0 Å². The minimum Gasteiger partial charge on any atom is -0.497 e. The van der Waals surface area contributed by atoms with Gasteiger partial charge in [0, 0.05) is 22.8 Å². The molecule has 0 heterocycles. The Kier molecular flexibility index (Phi) is 4.09. The third-order valence-electron chi connectivity index (χ3n) is 4.33. The van der Waals surface area contributed by atoms with Gasteiger partial charge in [-0.25, -0.2) is 0 Å². The van der Waals surface area contributed by atoms with Gasteiger partial charge in [0.15, 0.2) is 0 Å². The number of benzene rings is 4. The van der Waals surface area contributed by atoms with Gasteiger partial charge in [-0.15, -0.1) is 0 Å². The number of para-hydroxylation sites is 1. The van der Waals surface area contributed by atoms with Crippen molar-refractivity contribution >= 4 is 27.8 Å². The van der Waals surface area contributed by atoms with Crippen molar-refractivity contribution in [3.8, 4) is 5.75 Å². The van der Waals surface area contributed by atoms with Crippen LogP contribution in [0.3, 0.4) is 0 Å². The van der Waals surface area contributed by atoms with E-state index in [0.717, 1.165) is 22.8 Å². The van der Waals surface area contributed by atoms with Crippen LogP contribution in [-0.2, 0) is 0 Å². The average Bonchev–Trinajstić information content (AvgIpc) is 2.69. The van der Waals surface area contributed by atoms with E-state index in [1.54, 1.807) is 7.11 Å². The molecule has 0 aromatic heterocycles.